The van der Waals surface area contributed by atoms with E-state index in [1.807, 2.05) is 18.2 Å². The predicted molar refractivity (Wildman–Crippen MR) is 63.7 cm³/mol. The maximum absolute atomic E-state index is 5.36. The van der Waals surface area contributed by atoms with Crippen LogP contribution in [0, 0.1) is 0 Å². The van der Waals surface area contributed by atoms with Crippen LogP contribution in [-0.4, -0.2) is 18.6 Å². The van der Waals surface area contributed by atoms with E-state index in [0.717, 1.165) is 24.4 Å². The highest BCUT2D eigenvalue weighted by Crippen LogP contribution is 2.32. The minimum atomic E-state index is 0.409. The highest BCUT2D eigenvalue weighted by atomic mass is 16.5. The Morgan fingerprint density at radius 1 is 1.38 bits per heavy atom. The molecule has 1 N–H and O–H groups in total. The SMILES string of the molecule is COc1nc2ccccc2cc1C1CCN1. The lowest BCUT2D eigenvalue weighted by atomic mass is 9.97. The number of para-hydroxylation sites is 1. The van der Waals surface area contributed by atoms with Crippen molar-refractivity contribution in [3.8, 4) is 5.88 Å². The summed E-state index contributed by atoms with van der Waals surface area (Å²) >= 11 is 0. The summed E-state index contributed by atoms with van der Waals surface area (Å²) in [6.07, 6.45) is 1.16. The highest BCUT2D eigenvalue weighted by molar-refractivity contribution is 5.80. The Morgan fingerprint density at radius 3 is 2.88 bits per heavy atom. The van der Waals surface area contributed by atoms with Crippen LogP contribution >= 0.6 is 0 Å². The summed E-state index contributed by atoms with van der Waals surface area (Å²) in [5.74, 6) is 0.746. The van der Waals surface area contributed by atoms with Gasteiger partial charge in [-0.1, -0.05) is 18.2 Å². The fourth-order valence-electron chi connectivity index (χ4n) is 2.08. The zero-order valence-corrected chi connectivity index (χ0v) is 9.23. The number of methoxy groups -OCH3 is 1. The predicted octanol–water partition coefficient (Wildman–Crippen LogP) is 2.28. The number of pyridine rings is 1. The highest BCUT2D eigenvalue weighted by Gasteiger charge is 2.23. The van der Waals surface area contributed by atoms with Gasteiger partial charge in [0.2, 0.25) is 5.88 Å². The summed E-state index contributed by atoms with van der Waals surface area (Å²) in [6.45, 7) is 1.08. The number of nitrogens with zero attached hydrogens (tertiary/aromatic N) is 1. The fourth-order valence-corrected chi connectivity index (χ4v) is 2.08. The molecule has 1 aliphatic rings. The molecule has 2 heterocycles. The van der Waals surface area contributed by atoms with E-state index in [9.17, 15) is 0 Å². The summed E-state index contributed by atoms with van der Waals surface area (Å²) in [5.41, 5.74) is 2.16. The van der Waals surface area contributed by atoms with Gasteiger partial charge in [-0.3, -0.25) is 0 Å². The molecule has 1 aromatic carbocycles. The first-order valence-corrected chi connectivity index (χ1v) is 5.55. The molecular formula is C13H14N2O. The van der Waals surface area contributed by atoms with Crippen LogP contribution in [0.1, 0.15) is 18.0 Å². The van der Waals surface area contributed by atoms with E-state index < -0.39 is 0 Å². The van der Waals surface area contributed by atoms with Gasteiger partial charge in [-0.05, 0) is 25.1 Å². The van der Waals surface area contributed by atoms with E-state index in [2.05, 4.69) is 22.4 Å². The number of nitrogens with one attached hydrogen (secondary N) is 1. The molecule has 0 saturated carbocycles. The first-order chi connectivity index (χ1) is 7.88. The number of benzene rings is 1. The van der Waals surface area contributed by atoms with Crippen LogP contribution in [0.5, 0.6) is 5.88 Å². The van der Waals surface area contributed by atoms with E-state index in [1.165, 1.54) is 10.9 Å². The smallest absolute Gasteiger partial charge is 0.218 e. The second-order valence-corrected chi connectivity index (χ2v) is 4.07. The molecule has 1 aliphatic heterocycles. The zero-order chi connectivity index (χ0) is 11.0. The van der Waals surface area contributed by atoms with Gasteiger partial charge >= 0.3 is 0 Å². The molecule has 1 unspecified atom stereocenters. The van der Waals surface area contributed by atoms with Gasteiger partial charge in [0.25, 0.3) is 0 Å². The molecule has 1 aromatic heterocycles. The van der Waals surface area contributed by atoms with E-state index in [1.54, 1.807) is 7.11 Å². The van der Waals surface area contributed by atoms with Crippen molar-refractivity contribution in [3.05, 3.63) is 35.9 Å². The van der Waals surface area contributed by atoms with Crippen molar-refractivity contribution in [2.45, 2.75) is 12.5 Å². The van der Waals surface area contributed by atoms with Crippen LogP contribution in [0.2, 0.25) is 0 Å². The average molecular weight is 214 g/mol. The second-order valence-electron chi connectivity index (χ2n) is 4.07. The number of hydrogen-bond acceptors (Lipinski definition) is 3. The lowest BCUT2D eigenvalue weighted by molar-refractivity contribution is 0.346. The Bertz CT molecular complexity index is 520. The van der Waals surface area contributed by atoms with E-state index in [0.29, 0.717) is 6.04 Å². The molecule has 0 radical (unpaired) electrons. The van der Waals surface area contributed by atoms with Crippen LogP contribution in [0.15, 0.2) is 30.3 Å². The molecule has 82 valence electrons. The van der Waals surface area contributed by atoms with Crippen LogP contribution in [0.4, 0.5) is 0 Å². The summed E-state index contributed by atoms with van der Waals surface area (Å²) in [4.78, 5) is 4.53. The first-order valence-electron chi connectivity index (χ1n) is 5.55. The van der Waals surface area contributed by atoms with Crippen molar-refractivity contribution in [1.82, 2.24) is 10.3 Å². The van der Waals surface area contributed by atoms with Crippen LogP contribution in [-0.2, 0) is 0 Å². The maximum atomic E-state index is 5.36. The number of ether oxygens (including phenoxy) is 1. The summed E-state index contributed by atoms with van der Waals surface area (Å²) in [6, 6.07) is 10.7. The van der Waals surface area contributed by atoms with E-state index >= 15 is 0 Å². The van der Waals surface area contributed by atoms with E-state index in [4.69, 9.17) is 4.74 Å². The number of aromatic nitrogens is 1. The summed E-state index contributed by atoms with van der Waals surface area (Å²) < 4.78 is 5.36. The standard InChI is InChI=1S/C13H14N2O/c1-16-13-10(12-6-7-14-12)8-9-4-2-3-5-11(9)15-13/h2-5,8,12,14H,6-7H2,1H3. The Labute approximate surface area is 94.5 Å². The third-order valence-electron chi connectivity index (χ3n) is 3.11. The number of hydrogen-bond donors (Lipinski definition) is 1. The molecule has 0 spiro atoms. The third-order valence-corrected chi connectivity index (χ3v) is 3.11. The Hall–Kier alpha value is -1.61. The zero-order valence-electron chi connectivity index (χ0n) is 9.23. The second kappa shape index (κ2) is 3.76. The topological polar surface area (TPSA) is 34.1 Å². The molecule has 1 saturated heterocycles. The molecule has 2 aromatic rings. The van der Waals surface area contributed by atoms with Crippen LogP contribution < -0.4 is 10.1 Å². The Morgan fingerprint density at radius 2 is 2.19 bits per heavy atom. The summed E-state index contributed by atoms with van der Waals surface area (Å²) in [5, 5.41) is 4.55. The molecule has 0 amide bonds. The van der Waals surface area contributed by atoms with Gasteiger partial charge in [0.15, 0.2) is 0 Å². The lowest BCUT2D eigenvalue weighted by Crippen LogP contribution is -2.35. The van der Waals surface area contributed by atoms with Gasteiger partial charge in [0, 0.05) is 17.0 Å². The van der Waals surface area contributed by atoms with Crippen LogP contribution in [0.25, 0.3) is 10.9 Å². The van der Waals surface area contributed by atoms with Crippen LogP contribution in [0.3, 0.4) is 0 Å². The minimum absolute atomic E-state index is 0.409. The number of fused-ring (bicyclic) bond motifs is 1. The van der Waals surface area contributed by atoms with E-state index in [-0.39, 0.29) is 0 Å². The van der Waals surface area contributed by atoms with Crippen molar-refractivity contribution in [2.75, 3.05) is 13.7 Å². The molecule has 3 rings (SSSR count). The number of rotatable bonds is 2. The van der Waals surface area contributed by atoms with Crippen molar-refractivity contribution in [1.29, 1.82) is 0 Å². The average Bonchev–Trinajstić information content (AvgIpc) is 2.26. The lowest BCUT2D eigenvalue weighted by Gasteiger charge is -2.28. The molecule has 3 nitrogen and oxygen atoms in total. The maximum Gasteiger partial charge on any atom is 0.218 e. The summed E-state index contributed by atoms with van der Waals surface area (Å²) in [7, 11) is 1.68. The van der Waals surface area contributed by atoms with Gasteiger partial charge in [0.05, 0.1) is 12.6 Å². The molecule has 3 heteroatoms. The van der Waals surface area contributed by atoms with Gasteiger partial charge in [-0.25, -0.2) is 4.98 Å². The quantitative estimate of drug-likeness (QED) is 0.832. The van der Waals surface area contributed by atoms with Gasteiger partial charge < -0.3 is 10.1 Å². The molecule has 1 fully saturated rings. The van der Waals surface area contributed by atoms with Crippen molar-refractivity contribution in [3.63, 3.8) is 0 Å². The van der Waals surface area contributed by atoms with Crippen molar-refractivity contribution >= 4 is 10.9 Å². The molecular weight excluding hydrogens is 200 g/mol. The normalized spacial score (nSPS) is 19.4. The first kappa shape index (κ1) is 9.60. The minimum Gasteiger partial charge on any atom is -0.481 e. The third kappa shape index (κ3) is 1.44. The Kier molecular flexibility index (Phi) is 2.26. The monoisotopic (exact) mass is 214 g/mol. The van der Waals surface area contributed by atoms with Crippen molar-refractivity contribution in [2.24, 2.45) is 0 Å². The van der Waals surface area contributed by atoms with Gasteiger partial charge in [-0.15, -0.1) is 0 Å². The van der Waals surface area contributed by atoms with Gasteiger partial charge in [0.1, 0.15) is 0 Å². The van der Waals surface area contributed by atoms with Crippen molar-refractivity contribution < 1.29 is 4.74 Å². The fraction of sp³-hybridized carbons (Fsp3) is 0.308. The molecule has 0 bridgehead atoms. The largest absolute Gasteiger partial charge is 0.481 e. The molecule has 1 atom stereocenters. The Balaban J connectivity index is 2.17. The molecule has 0 aliphatic carbocycles. The van der Waals surface area contributed by atoms with Gasteiger partial charge in [-0.2, -0.15) is 0 Å². The molecule has 16 heavy (non-hydrogen) atoms.